The van der Waals surface area contributed by atoms with E-state index < -0.39 is 15.8 Å². The van der Waals surface area contributed by atoms with E-state index in [0.29, 0.717) is 25.9 Å². The minimum absolute atomic E-state index is 0.0483. The lowest BCUT2D eigenvalue weighted by molar-refractivity contribution is -0.126. The SMILES string of the molecule is O=C(NCCn1ccc2ccc(F)cc21)C1CCN(S(=O)(=O)c2ccc(F)cc2)CC1. The summed E-state index contributed by atoms with van der Waals surface area (Å²) in [6, 6.07) is 11.2. The molecule has 0 aliphatic carbocycles. The maximum Gasteiger partial charge on any atom is 0.243 e. The summed E-state index contributed by atoms with van der Waals surface area (Å²) >= 11 is 0. The molecule has 1 aromatic heterocycles. The third-order valence-electron chi connectivity index (χ3n) is 5.66. The fraction of sp³-hybridized carbons (Fsp3) is 0.318. The van der Waals surface area contributed by atoms with Gasteiger partial charge in [-0.15, -0.1) is 0 Å². The van der Waals surface area contributed by atoms with Gasteiger partial charge in [0.25, 0.3) is 0 Å². The van der Waals surface area contributed by atoms with Gasteiger partial charge in [-0.05, 0) is 66.8 Å². The number of amides is 1. The zero-order valence-corrected chi connectivity index (χ0v) is 17.6. The van der Waals surface area contributed by atoms with Crippen molar-refractivity contribution < 1.29 is 22.0 Å². The molecular weight excluding hydrogens is 424 g/mol. The molecule has 0 radical (unpaired) electrons. The number of benzene rings is 2. The average Bonchev–Trinajstić information content (AvgIpc) is 3.16. The van der Waals surface area contributed by atoms with E-state index in [4.69, 9.17) is 0 Å². The number of carbonyl (C=O) groups excluding carboxylic acids is 1. The van der Waals surface area contributed by atoms with E-state index in [0.717, 1.165) is 23.0 Å². The summed E-state index contributed by atoms with van der Waals surface area (Å²) in [5.74, 6) is -1.17. The van der Waals surface area contributed by atoms with Gasteiger partial charge in [0.05, 0.1) is 10.4 Å². The number of rotatable bonds is 6. The van der Waals surface area contributed by atoms with Crippen LogP contribution in [0.3, 0.4) is 0 Å². The summed E-state index contributed by atoms with van der Waals surface area (Å²) in [5, 5.41) is 3.83. The Bertz CT molecular complexity index is 1180. The van der Waals surface area contributed by atoms with Gasteiger partial charge in [0, 0.05) is 38.3 Å². The highest BCUT2D eigenvalue weighted by molar-refractivity contribution is 7.89. The van der Waals surface area contributed by atoms with E-state index in [9.17, 15) is 22.0 Å². The second-order valence-electron chi connectivity index (χ2n) is 7.64. The Morgan fingerprint density at radius 1 is 1.00 bits per heavy atom. The van der Waals surface area contributed by atoms with Crippen molar-refractivity contribution in [2.75, 3.05) is 19.6 Å². The molecule has 2 heterocycles. The minimum atomic E-state index is -3.70. The third-order valence-corrected chi connectivity index (χ3v) is 7.58. The largest absolute Gasteiger partial charge is 0.354 e. The van der Waals surface area contributed by atoms with E-state index >= 15 is 0 Å². The molecule has 1 N–H and O–H groups in total. The van der Waals surface area contributed by atoms with Gasteiger partial charge in [-0.25, -0.2) is 17.2 Å². The summed E-state index contributed by atoms with van der Waals surface area (Å²) in [6.45, 7) is 1.38. The zero-order chi connectivity index (χ0) is 22.0. The molecule has 164 valence electrons. The number of hydrogen-bond donors (Lipinski definition) is 1. The van der Waals surface area contributed by atoms with Gasteiger partial charge in [-0.3, -0.25) is 4.79 Å². The molecule has 0 atom stereocenters. The zero-order valence-electron chi connectivity index (χ0n) is 16.8. The van der Waals surface area contributed by atoms with E-state index in [1.807, 2.05) is 16.8 Å². The lowest BCUT2D eigenvalue weighted by atomic mass is 9.97. The van der Waals surface area contributed by atoms with Crippen LogP contribution < -0.4 is 5.32 Å². The van der Waals surface area contributed by atoms with Crippen molar-refractivity contribution in [1.82, 2.24) is 14.2 Å². The summed E-state index contributed by atoms with van der Waals surface area (Å²) in [7, 11) is -3.70. The molecule has 1 amide bonds. The number of hydrogen-bond acceptors (Lipinski definition) is 3. The lowest BCUT2D eigenvalue weighted by Crippen LogP contribution is -2.43. The molecule has 0 saturated carbocycles. The predicted molar refractivity (Wildman–Crippen MR) is 113 cm³/mol. The Hall–Kier alpha value is -2.78. The predicted octanol–water partition coefficient (Wildman–Crippen LogP) is 3.14. The average molecular weight is 448 g/mol. The van der Waals surface area contributed by atoms with Gasteiger partial charge in [-0.2, -0.15) is 4.31 Å². The second kappa shape index (κ2) is 8.76. The smallest absolute Gasteiger partial charge is 0.243 e. The van der Waals surface area contributed by atoms with Crippen molar-refractivity contribution in [3.8, 4) is 0 Å². The molecule has 9 heteroatoms. The summed E-state index contributed by atoms with van der Waals surface area (Å²) in [6.07, 6.45) is 2.70. The standard InChI is InChI=1S/C22H23F2N3O3S/c23-18-3-5-20(6-4-18)31(29,30)27-12-8-17(9-13-27)22(28)25-10-14-26-11-7-16-1-2-19(24)15-21(16)26/h1-7,11,15,17H,8-10,12-14H2,(H,25,28). The fourth-order valence-electron chi connectivity index (χ4n) is 3.91. The van der Waals surface area contributed by atoms with Crippen LogP contribution in [0, 0.1) is 17.6 Å². The van der Waals surface area contributed by atoms with Crippen LogP contribution in [0.4, 0.5) is 8.78 Å². The van der Waals surface area contributed by atoms with Crippen molar-refractivity contribution in [3.05, 3.63) is 66.4 Å². The van der Waals surface area contributed by atoms with E-state index in [2.05, 4.69) is 5.32 Å². The maximum absolute atomic E-state index is 13.5. The number of piperidine rings is 1. The quantitative estimate of drug-likeness (QED) is 0.631. The Balaban J connectivity index is 1.29. The van der Waals surface area contributed by atoms with Crippen LogP contribution in [0.25, 0.3) is 10.9 Å². The van der Waals surface area contributed by atoms with Gasteiger partial charge < -0.3 is 9.88 Å². The van der Waals surface area contributed by atoms with Crippen LogP contribution in [-0.2, 0) is 21.4 Å². The molecule has 1 fully saturated rings. The number of halogens is 2. The monoisotopic (exact) mass is 447 g/mol. The number of sulfonamides is 1. The van der Waals surface area contributed by atoms with Crippen LogP contribution in [0.1, 0.15) is 12.8 Å². The van der Waals surface area contributed by atoms with Crippen LogP contribution in [0.2, 0.25) is 0 Å². The van der Waals surface area contributed by atoms with Crippen molar-refractivity contribution in [2.45, 2.75) is 24.3 Å². The minimum Gasteiger partial charge on any atom is -0.354 e. The van der Waals surface area contributed by atoms with Crippen molar-refractivity contribution in [2.24, 2.45) is 5.92 Å². The van der Waals surface area contributed by atoms with Gasteiger partial charge >= 0.3 is 0 Å². The Morgan fingerprint density at radius 2 is 1.68 bits per heavy atom. The highest BCUT2D eigenvalue weighted by atomic mass is 32.2. The van der Waals surface area contributed by atoms with Crippen molar-refractivity contribution >= 4 is 26.8 Å². The third kappa shape index (κ3) is 4.62. The van der Waals surface area contributed by atoms with Crippen molar-refractivity contribution in [1.29, 1.82) is 0 Å². The normalized spacial score (nSPS) is 15.9. The van der Waals surface area contributed by atoms with Crippen LogP contribution >= 0.6 is 0 Å². The van der Waals surface area contributed by atoms with Gasteiger partial charge in [0.1, 0.15) is 11.6 Å². The summed E-state index contributed by atoms with van der Waals surface area (Å²) < 4.78 is 55.1. The Morgan fingerprint density at radius 3 is 2.39 bits per heavy atom. The van der Waals surface area contributed by atoms with Gasteiger partial charge in [0.2, 0.25) is 15.9 Å². The molecular formula is C22H23F2N3O3S. The molecule has 0 bridgehead atoms. The van der Waals surface area contributed by atoms with Crippen LogP contribution in [0.15, 0.2) is 59.6 Å². The molecule has 3 aromatic rings. The summed E-state index contributed by atoms with van der Waals surface area (Å²) in [5.41, 5.74) is 0.772. The summed E-state index contributed by atoms with van der Waals surface area (Å²) in [4.78, 5) is 12.6. The lowest BCUT2D eigenvalue weighted by Gasteiger charge is -2.30. The molecule has 0 spiro atoms. The van der Waals surface area contributed by atoms with Crippen LogP contribution in [-0.4, -0.2) is 42.8 Å². The highest BCUT2D eigenvalue weighted by Crippen LogP contribution is 2.24. The number of fused-ring (bicyclic) bond motifs is 1. The van der Waals surface area contributed by atoms with Gasteiger partial charge in [0.15, 0.2) is 0 Å². The first kappa shape index (κ1) is 21.5. The topological polar surface area (TPSA) is 71.4 Å². The molecule has 1 saturated heterocycles. The number of nitrogens with one attached hydrogen (secondary N) is 1. The number of carbonyl (C=O) groups is 1. The highest BCUT2D eigenvalue weighted by Gasteiger charge is 2.32. The molecule has 1 aliphatic rings. The first-order chi connectivity index (χ1) is 14.8. The molecule has 31 heavy (non-hydrogen) atoms. The number of aromatic nitrogens is 1. The molecule has 4 rings (SSSR count). The fourth-order valence-corrected chi connectivity index (χ4v) is 5.38. The van der Waals surface area contributed by atoms with E-state index in [-0.39, 0.29) is 35.6 Å². The van der Waals surface area contributed by atoms with E-state index in [1.54, 1.807) is 6.07 Å². The van der Waals surface area contributed by atoms with E-state index in [1.165, 1.54) is 28.6 Å². The first-order valence-electron chi connectivity index (χ1n) is 10.1. The van der Waals surface area contributed by atoms with Crippen molar-refractivity contribution in [3.63, 3.8) is 0 Å². The molecule has 1 aliphatic heterocycles. The van der Waals surface area contributed by atoms with Gasteiger partial charge in [-0.1, -0.05) is 0 Å². The second-order valence-corrected chi connectivity index (χ2v) is 9.57. The first-order valence-corrected chi connectivity index (χ1v) is 11.6. The molecule has 2 aromatic carbocycles. The van der Waals surface area contributed by atoms with Crippen LogP contribution in [0.5, 0.6) is 0 Å². The Kier molecular flexibility index (Phi) is 6.06. The molecule has 6 nitrogen and oxygen atoms in total. The Labute approximate surface area is 179 Å². The number of nitrogens with zero attached hydrogens (tertiary/aromatic N) is 2. The molecule has 0 unspecified atom stereocenters. The maximum atomic E-state index is 13.5.